The third kappa shape index (κ3) is 4.62. The number of methoxy groups -OCH3 is 2. The van der Waals surface area contributed by atoms with Crippen LogP contribution in [0.5, 0.6) is 17.2 Å². The number of hydrogen-bond acceptors (Lipinski definition) is 6. The third-order valence-electron chi connectivity index (χ3n) is 5.44. The van der Waals surface area contributed by atoms with Crippen LogP contribution in [0.4, 0.5) is 0 Å². The number of phenolic OH excluding ortho intramolecular Hbond substituents is 1. The van der Waals surface area contributed by atoms with Crippen molar-refractivity contribution < 1.29 is 27.8 Å². The Hall–Kier alpha value is -2.78. The summed E-state index contributed by atoms with van der Waals surface area (Å²) in [7, 11) is -0.819. The highest BCUT2D eigenvalue weighted by atomic mass is 32.2. The number of aromatic hydroxyl groups is 1. The van der Waals surface area contributed by atoms with Crippen molar-refractivity contribution in [2.75, 3.05) is 40.4 Å². The van der Waals surface area contributed by atoms with Gasteiger partial charge in [-0.2, -0.15) is 4.31 Å². The zero-order valence-corrected chi connectivity index (χ0v) is 19.0. The van der Waals surface area contributed by atoms with Crippen LogP contribution in [0.3, 0.4) is 0 Å². The molecular weight excluding hydrogens is 420 g/mol. The molecule has 1 N–H and O–H groups in total. The average molecular weight is 449 g/mol. The lowest BCUT2D eigenvalue weighted by atomic mass is 9.99. The Labute approximate surface area is 183 Å². The van der Waals surface area contributed by atoms with Gasteiger partial charge >= 0.3 is 0 Å². The van der Waals surface area contributed by atoms with Gasteiger partial charge in [-0.15, -0.1) is 0 Å². The number of nitrogens with zero attached hydrogens (tertiary/aromatic N) is 2. The van der Waals surface area contributed by atoms with Gasteiger partial charge in [-0.1, -0.05) is 19.9 Å². The summed E-state index contributed by atoms with van der Waals surface area (Å²) in [5.74, 6) is 0.617. The highest BCUT2D eigenvalue weighted by Crippen LogP contribution is 2.31. The van der Waals surface area contributed by atoms with Crippen molar-refractivity contribution in [3.05, 3.63) is 47.5 Å². The van der Waals surface area contributed by atoms with Gasteiger partial charge in [0.15, 0.2) is 11.5 Å². The second-order valence-corrected chi connectivity index (χ2v) is 9.58. The van der Waals surface area contributed by atoms with Crippen LogP contribution in [0.15, 0.2) is 41.3 Å². The van der Waals surface area contributed by atoms with Crippen molar-refractivity contribution in [3.8, 4) is 17.2 Å². The molecule has 3 rings (SSSR count). The minimum absolute atomic E-state index is 0.0743. The number of carbonyl (C=O) groups excluding carboxylic acids is 1. The number of phenols is 1. The summed E-state index contributed by atoms with van der Waals surface area (Å²) in [5.41, 5.74) is 1.19. The average Bonchev–Trinajstić information content (AvgIpc) is 2.78. The summed E-state index contributed by atoms with van der Waals surface area (Å²) in [5, 5.41) is 10.2. The van der Waals surface area contributed by atoms with Gasteiger partial charge in [0.25, 0.3) is 5.91 Å². The summed E-state index contributed by atoms with van der Waals surface area (Å²) in [6.07, 6.45) is 0. The van der Waals surface area contributed by atoms with Crippen LogP contribution in [0.1, 0.15) is 35.7 Å². The number of amides is 1. The van der Waals surface area contributed by atoms with Gasteiger partial charge in [0.05, 0.1) is 24.7 Å². The Morgan fingerprint density at radius 3 is 2.19 bits per heavy atom. The summed E-state index contributed by atoms with van der Waals surface area (Å²) < 4.78 is 37.8. The molecule has 0 bridgehead atoms. The molecule has 0 aliphatic carbocycles. The molecule has 9 heteroatoms. The Bertz CT molecular complexity index is 1060. The number of ether oxygens (including phenoxy) is 2. The van der Waals surface area contributed by atoms with Crippen molar-refractivity contribution in [1.82, 2.24) is 9.21 Å². The smallest absolute Gasteiger partial charge is 0.257 e. The number of benzene rings is 2. The number of carbonyl (C=O) groups is 1. The van der Waals surface area contributed by atoms with E-state index in [4.69, 9.17) is 9.47 Å². The minimum atomic E-state index is -3.75. The molecule has 31 heavy (non-hydrogen) atoms. The van der Waals surface area contributed by atoms with Crippen LogP contribution in [0.25, 0.3) is 0 Å². The van der Waals surface area contributed by atoms with Crippen LogP contribution >= 0.6 is 0 Å². The molecule has 0 atom stereocenters. The van der Waals surface area contributed by atoms with Crippen molar-refractivity contribution in [2.45, 2.75) is 24.7 Å². The van der Waals surface area contributed by atoms with E-state index in [1.807, 2.05) is 13.8 Å². The largest absolute Gasteiger partial charge is 0.507 e. The summed E-state index contributed by atoms with van der Waals surface area (Å²) in [6, 6.07) is 9.49. The summed E-state index contributed by atoms with van der Waals surface area (Å²) >= 11 is 0. The molecule has 1 fully saturated rings. The van der Waals surface area contributed by atoms with Crippen LogP contribution in [-0.4, -0.2) is 69.0 Å². The first-order valence-corrected chi connectivity index (χ1v) is 11.5. The molecule has 0 radical (unpaired) electrons. The Morgan fingerprint density at radius 2 is 1.61 bits per heavy atom. The second-order valence-electron chi connectivity index (χ2n) is 7.64. The van der Waals surface area contributed by atoms with Crippen molar-refractivity contribution in [2.24, 2.45) is 0 Å². The van der Waals surface area contributed by atoms with Crippen molar-refractivity contribution in [1.29, 1.82) is 0 Å². The van der Waals surface area contributed by atoms with Gasteiger partial charge in [-0.05, 0) is 35.7 Å². The molecular formula is C22H28N2O6S. The predicted octanol–water partition coefficient (Wildman–Crippen LogP) is 2.68. The fraction of sp³-hybridized carbons (Fsp3) is 0.409. The van der Waals surface area contributed by atoms with Gasteiger partial charge in [-0.3, -0.25) is 4.79 Å². The molecule has 2 aromatic rings. The second kappa shape index (κ2) is 9.15. The Morgan fingerprint density at radius 1 is 0.968 bits per heavy atom. The molecule has 168 valence electrons. The van der Waals surface area contributed by atoms with E-state index in [1.54, 1.807) is 23.1 Å². The van der Waals surface area contributed by atoms with Crippen molar-refractivity contribution >= 4 is 15.9 Å². The third-order valence-corrected chi connectivity index (χ3v) is 7.33. The lowest BCUT2D eigenvalue weighted by molar-refractivity contribution is 0.0694. The van der Waals surface area contributed by atoms with E-state index >= 15 is 0 Å². The SMILES string of the molecule is COc1ccc(S(=O)(=O)N2CCN(C(=O)c3cc(C(C)C)ccc3O)CC2)cc1OC. The number of rotatable bonds is 6. The standard InChI is InChI=1S/C22H28N2O6S/c1-15(2)16-5-7-19(25)18(13-16)22(26)23-9-11-24(12-10-23)31(27,28)17-6-8-20(29-3)21(14-17)30-4/h5-8,13-15,25H,9-12H2,1-4H3. The zero-order chi connectivity index (χ0) is 22.8. The highest BCUT2D eigenvalue weighted by molar-refractivity contribution is 7.89. The first-order chi connectivity index (χ1) is 14.7. The van der Waals surface area contributed by atoms with Crippen LogP contribution in [0, 0.1) is 0 Å². The van der Waals surface area contributed by atoms with E-state index in [2.05, 4.69) is 0 Å². The molecule has 0 saturated carbocycles. The first kappa shape index (κ1) is 22.9. The zero-order valence-electron chi connectivity index (χ0n) is 18.2. The van der Waals surface area contributed by atoms with Gasteiger partial charge in [0, 0.05) is 32.2 Å². The number of hydrogen-bond donors (Lipinski definition) is 1. The molecule has 8 nitrogen and oxygen atoms in total. The number of sulfonamides is 1. The van der Waals surface area contributed by atoms with Crippen LogP contribution in [-0.2, 0) is 10.0 Å². The highest BCUT2D eigenvalue weighted by Gasteiger charge is 2.31. The predicted molar refractivity (Wildman–Crippen MR) is 116 cm³/mol. The number of piperazine rings is 1. The van der Waals surface area contributed by atoms with Crippen LogP contribution in [0.2, 0.25) is 0 Å². The Balaban J connectivity index is 1.75. The molecule has 2 aromatic carbocycles. The van der Waals surface area contributed by atoms with E-state index in [0.29, 0.717) is 11.5 Å². The lowest BCUT2D eigenvalue weighted by Crippen LogP contribution is -2.50. The fourth-order valence-electron chi connectivity index (χ4n) is 3.51. The van der Waals surface area contributed by atoms with Gasteiger partial charge in [0.1, 0.15) is 5.75 Å². The maximum atomic E-state index is 13.1. The van der Waals surface area contributed by atoms with E-state index in [-0.39, 0.29) is 54.2 Å². The molecule has 0 unspecified atom stereocenters. The molecule has 1 aliphatic rings. The minimum Gasteiger partial charge on any atom is -0.507 e. The quantitative estimate of drug-likeness (QED) is 0.730. The van der Waals surface area contributed by atoms with Gasteiger partial charge < -0.3 is 19.5 Å². The topological polar surface area (TPSA) is 96.4 Å². The monoisotopic (exact) mass is 448 g/mol. The van der Waals surface area contributed by atoms with E-state index in [1.165, 1.54) is 36.7 Å². The van der Waals surface area contributed by atoms with E-state index in [9.17, 15) is 18.3 Å². The van der Waals surface area contributed by atoms with E-state index < -0.39 is 10.0 Å². The van der Waals surface area contributed by atoms with Gasteiger partial charge in [0.2, 0.25) is 10.0 Å². The first-order valence-electron chi connectivity index (χ1n) is 10.0. The molecule has 1 heterocycles. The fourth-order valence-corrected chi connectivity index (χ4v) is 4.95. The maximum Gasteiger partial charge on any atom is 0.257 e. The summed E-state index contributed by atoms with van der Waals surface area (Å²) in [4.78, 5) is 14.6. The molecule has 0 spiro atoms. The lowest BCUT2D eigenvalue weighted by Gasteiger charge is -2.34. The molecule has 0 aromatic heterocycles. The normalized spacial score (nSPS) is 15.2. The molecule has 1 amide bonds. The molecule has 1 aliphatic heterocycles. The van der Waals surface area contributed by atoms with Crippen LogP contribution < -0.4 is 9.47 Å². The maximum absolute atomic E-state index is 13.1. The van der Waals surface area contributed by atoms with Crippen molar-refractivity contribution in [3.63, 3.8) is 0 Å². The molecule has 1 saturated heterocycles. The Kier molecular flexibility index (Phi) is 6.76. The van der Waals surface area contributed by atoms with Gasteiger partial charge in [-0.25, -0.2) is 8.42 Å². The van der Waals surface area contributed by atoms with E-state index in [0.717, 1.165) is 5.56 Å². The summed E-state index contributed by atoms with van der Waals surface area (Å²) in [6.45, 7) is 4.81.